The summed E-state index contributed by atoms with van der Waals surface area (Å²) in [4.78, 5) is 5.20. The first kappa shape index (κ1) is 20.7. The van der Waals surface area contributed by atoms with Crippen LogP contribution in [0.15, 0.2) is 29.4 Å². The second kappa shape index (κ2) is 9.66. The lowest BCUT2D eigenvalue weighted by Gasteiger charge is -2.22. The molecule has 5 nitrogen and oxygen atoms in total. The Balaban J connectivity index is 0.00000441. The van der Waals surface area contributed by atoms with E-state index in [9.17, 15) is 5.11 Å². The number of methoxy groups -OCH3 is 1. The van der Waals surface area contributed by atoms with Crippen LogP contribution in [0, 0.1) is 0 Å². The van der Waals surface area contributed by atoms with Gasteiger partial charge in [0.1, 0.15) is 18.5 Å². The van der Waals surface area contributed by atoms with Gasteiger partial charge in [0.05, 0.1) is 12.8 Å². The summed E-state index contributed by atoms with van der Waals surface area (Å²) in [6.07, 6.45) is -0.586. The fraction of sp³-hybridized carbons (Fsp3) is 0.562. The SMILES string of the molecule is COc1ccc(/C(C)=N/OCC(O)CNC(C)(C)C)cc1.Cl. The van der Waals surface area contributed by atoms with E-state index in [2.05, 4.69) is 10.5 Å². The molecule has 0 saturated carbocycles. The molecule has 0 fully saturated rings. The molecule has 0 saturated heterocycles. The highest BCUT2D eigenvalue weighted by atomic mass is 35.5. The number of β-amino-alcohol motifs (C(OH)–C–C–N with tert-alkyl or cyclic N) is 1. The van der Waals surface area contributed by atoms with Crippen molar-refractivity contribution in [3.8, 4) is 5.75 Å². The Morgan fingerprint density at radius 3 is 2.36 bits per heavy atom. The van der Waals surface area contributed by atoms with Crippen LogP contribution in [0.1, 0.15) is 33.3 Å². The summed E-state index contributed by atoms with van der Waals surface area (Å²) < 4.78 is 5.10. The Hall–Kier alpha value is -1.30. The number of nitrogens with zero attached hydrogens (tertiary/aromatic N) is 1. The van der Waals surface area contributed by atoms with Crippen LogP contribution in [0.3, 0.4) is 0 Å². The lowest BCUT2D eigenvalue weighted by molar-refractivity contribution is 0.0373. The molecule has 0 amide bonds. The predicted octanol–water partition coefficient (Wildman–Crippen LogP) is 2.61. The molecule has 6 heteroatoms. The van der Waals surface area contributed by atoms with E-state index in [0.29, 0.717) is 6.54 Å². The highest BCUT2D eigenvalue weighted by Gasteiger charge is 2.12. The van der Waals surface area contributed by atoms with Crippen LogP contribution in [-0.4, -0.2) is 42.7 Å². The molecular weight excluding hydrogens is 304 g/mol. The molecule has 2 N–H and O–H groups in total. The van der Waals surface area contributed by atoms with Gasteiger partial charge < -0.3 is 20.0 Å². The zero-order valence-electron chi connectivity index (χ0n) is 13.9. The number of hydrogen-bond acceptors (Lipinski definition) is 5. The molecule has 0 aliphatic heterocycles. The first-order valence-electron chi connectivity index (χ1n) is 7.06. The Bertz CT molecular complexity index is 455. The zero-order chi connectivity index (χ0) is 15.9. The van der Waals surface area contributed by atoms with Crippen LogP contribution in [0.2, 0.25) is 0 Å². The number of benzene rings is 1. The Kier molecular flexibility index (Phi) is 9.09. The molecule has 0 bridgehead atoms. The molecule has 126 valence electrons. The average molecular weight is 331 g/mol. The summed E-state index contributed by atoms with van der Waals surface area (Å²) in [7, 11) is 1.63. The summed E-state index contributed by atoms with van der Waals surface area (Å²) in [5, 5.41) is 17.0. The van der Waals surface area contributed by atoms with Crippen molar-refractivity contribution in [3.05, 3.63) is 29.8 Å². The first-order valence-corrected chi connectivity index (χ1v) is 7.06. The van der Waals surface area contributed by atoms with Crippen LogP contribution in [-0.2, 0) is 4.84 Å². The van der Waals surface area contributed by atoms with Gasteiger partial charge in [-0.15, -0.1) is 12.4 Å². The van der Waals surface area contributed by atoms with Crippen LogP contribution in [0.4, 0.5) is 0 Å². The average Bonchev–Trinajstić information content (AvgIpc) is 2.44. The van der Waals surface area contributed by atoms with Crippen LogP contribution in [0.5, 0.6) is 5.75 Å². The monoisotopic (exact) mass is 330 g/mol. The molecule has 0 heterocycles. The van der Waals surface area contributed by atoms with Crippen molar-refractivity contribution in [1.29, 1.82) is 0 Å². The van der Waals surface area contributed by atoms with Gasteiger partial charge >= 0.3 is 0 Å². The van der Waals surface area contributed by atoms with Crippen molar-refractivity contribution in [2.75, 3.05) is 20.3 Å². The number of nitrogens with one attached hydrogen (secondary N) is 1. The van der Waals surface area contributed by atoms with Crippen molar-refractivity contribution in [2.45, 2.75) is 39.3 Å². The van der Waals surface area contributed by atoms with E-state index in [4.69, 9.17) is 9.57 Å². The number of halogens is 1. The van der Waals surface area contributed by atoms with E-state index in [1.807, 2.05) is 52.0 Å². The lowest BCUT2D eigenvalue weighted by atomic mass is 10.1. The molecule has 0 aromatic heterocycles. The Labute approximate surface area is 139 Å². The minimum atomic E-state index is -0.586. The normalized spacial score (nSPS) is 13.3. The maximum absolute atomic E-state index is 9.79. The maximum Gasteiger partial charge on any atom is 0.144 e. The molecular formula is C16H27ClN2O3. The Morgan fingerprint density at radius 2 is 1.86 bits per heavy atom. The summed E-state index contributed by atoms with van der Waals surface area (Å²) in [5.74, 6) is 0.802. The minimum Gasteiger partial charge on any atom is -0.497 e. The molecule has 1 unspecified atom stereocenters. The van der Waals surface area contributed by atoms with E-state index in [-0.39, 0.29) is 24.6 Å². The number of rotatable bonds is 7. The van der Waals surface area contributed by atoms with Crippen LogP contribution in [0.25, 0.3) is 0 Å². The molecule has 1 aromatic rings. The summed E-state index contributed by atoms with van der Waals surface area (Å²) in [5.41, 5.74) is 1.69. The lowest BCUT2D eigenvalue weighted by Crippen LogP contribution is -2.42. The van der Waals surface area contributed by atoms with Gasteiger partial charge in [-0.25, -0.2) is 0 Å². The summed E-state index contributed by atoms with van der Waals surface area (Å²) in [6.45, 7) is 8.64. The van der Waals surface area contributed by atoms with E-state index >= 15 is 0 Å². The summed E-state index contributed by atoms with van der Waals surface area (Å²) >= 11 is 0. The molecule has 1 rings (SSSR count). The third-order valence-corrected chi connectivity index (χ3v) is 2.84. The fourth-order valence-electron chi connectivity index (χ4n) is 1.59. The standard InChI is InChI=1S/C16H26N2O3.ClH/c1-12(13-6-8-15(20-5)9-7-13)18-21-11-14(19)10-17-16(2,3)4;/h6-9,14,17,19H,10-11H2,1-5H3;1H/b18-12+;. The Morgan fingerprint density at radius 1 is 1.27 bits per heavy atom. The molecule has 1 aromatic carbocycles. The van der Waals surface area contributed by atoms with Gasteiger partial charge in [-0.2, -0.15) is 0 Å². The maximum atomic E-state index is 9.79. The van der Waals surface area contributed by atoms with E-state index in [1.54, 1.807) is 7.11 Å². The zero-order valence-corrected chi connectivity index (χ0v) is 14.7. The smallest absolute Gasteiger partial charge is 0.144 e. The van der Waals surface area contributed by atoms with Crippen molar-refractivity contribution >= 4 is 18.1 Å². The third-order valence-electron chi connectivity index (χ3n) is 2.84. The second-order valence-electron chi connectivity index (χ2n) is 5.99. The third kappa shape index (κ3) is 8.22. The molecule has 0 aliphatic carbocycles. The number of aliphatic hydroxyl groups excluding tert-OH is 1. The number of oxime groups is 1. The van der Waals surface area contributed by atoms with Crippen molar-refractivity contribution in [3.63, 3.8) is 0 Å². The summed E-state index contributed by atoms with van der Waals surface area (Å²) in [6, 6.07) is 7.57. The highest BCUT2D eigenvalue weighted by Crippen LogP contribution is 2.12. The van der Waals surface area contributed by atoms with Crippen molar-refractivity contribution < 1.29 is 14.7 Å². The van der Waals surface area contributed by atoms with E-state index < -0.39 is 6.10 Å². The fourth-order valence-corrected chi connectivity index (χ4v) is 1.59. The molecule has 1 atom stereocenters. The van der Waals surface area contributed by atoms with Gasteiger partial charge in [-0.05, 0) is 57.5 Å². The van der Waals surface area contributed by atoms with Crippen molar-refractivity contribution in [1.82, 2.24) is 5.32 Å². The van der Waals surface area contributed by atoms with Crippen LogP contribution >= 0.6 is 12.4 Å². The molecule has 0 aliphatic rings. The largest absolute Gasteiger partial charge is 0.497 e. The van der Waals surface area contributed by atoms with Gasteiger partial charge in [0.15, 0.2) is 0 Å². The van der Waals surface area contributed by atoms with E-state index in [0.717, 1.165) is 17.0 Å². The quantitative estimate of drug-likeness (QED) is 0.596. The highest BCUT2D eigenvalue weighted by molar-refractivity contribution is 5.98. The topological polar surface area (TPSA) is 63.1 Å². The van der Waals surface area contributed by atoms with Crippen molar-refractivity contribution in [2.24, 2.45) is 5.16 Å². The molecule has 0 spiro atoms. The van der Waals surface area contributed by atoms with E-state index in [1.165, 1.54) is 0 Å². The van der Waals surface area contributed by atoms with Gasteiger partial charge in [0.25, 0.3) is 0 Å². The molecule has 0 radical (unpaired) electrons. The molecule has 22 heavy (non-hydrogen) atoms. The van der Waals surface area contributed by atoms with Gasteiger partial charge in [0, 0.05) is 12.1 Å². The number of hydrogen-bond donors (Lipinski definition) is 2. The minimum absolute atomic E-state index is 0. The van der Waals surface area contributed by atoms with Gasteiger partial charge in [-0.3, -0.25) is 0 Å². The number of ether oxygens (including phenoxy) is 1. The van der Waals surface area contributed by atoms with Gasteiger partial charge in [-0.1, -0.05) is 5.16 Å². The van der Waals surface area contributed by atoms with Gasteiger partial charge in [0.2, 0.25) is 0 Å². The number of aliphatic hydroxyl groups is 1. The van der Waals surface area contributed by atoms with Crippen LogP contribution < -0.4 is 10.1 Å². The first-order chi connectivity index (χ1) is 9.81. The predicted molar refractivity (Wildman–Crippen MR) is 92.2 cm³/mol. The second-order valence-corrected chi connectivity index (χ2v) is 5.99.